The van der Waals surface area contributed by atoms with E-state index in [0.717, 1.165) is 6.42 Å². The minimum atomic E-state index is -0.438. The summed E-state index contributed by atoms with van der Waals surface area (Å²) < 4.78 is 17.5. The molecule has 0 radical (unpaired) electrons. The van der Waals surface area contributed by atoms with Gasteiger partial charge in [-0.25, -0.2) is 0 Å². The highest BCUT2D eigenvalue weighted by Gasteiger charge is 2.55. The summed E-state index contributed by atoms with van der Waals surface area (Å²) in [5.74, 6) is 0.343. The average molecular weight is 242 g/mol. The molecular formula is C14H26O3. The summed E-state index contributed by atoms with van der Waals surface area (Å²) in [4.78, 5) is 0. The van der Waals surface area contributed by atoms with Gasteiger partial charge in [0.2, 0.25) is 0 Å². The molecule has 1 aliphatic heterocycles. The van der Waals surface area contributed by atoms with E-state index >= 15 is 0 Å². The number of ether oxygens (including phenoxy) is 3. The molecule has 0 spiro atoms. The lowest BCUT2D eigenvalue weighted by atomic mass is 9.75. The van der Waals surface area contributed by atoms with Crippen molar-refractivity contribution in [3.8, 4) is 0 Å². The van der Waals surface area contributed by atoms with Gasteiger partial charge in [-0.3, -0.25) is 0 Å². The van der Waals surface area contributed by atoms with Crippen LogP contribution in [-0.2, 0) is 14.2 Å². The third-order valence-electron chi connectivity index (χ3n) is 3.82. The van der Waals surface area contributed by atoms with Gasteiger partial charge in [-0.1, -0.05) is 19.9 Å². The van der Waals surface area contributed by atoms with Gasteiger partial charge in [-0.05, 0) is 26.7 Å². The lowest BCUT2D eigenvalue weighted by Gasteiger charge is -2.44. The third-order valence-corrected chi connectivity index (χ3v) is 3.82. The van der Waals surface area contributed by atoms with Gasteiger partial charge >= 0.3 is 0 Å². The van der Waals surface area contributed by atoms with E-state index in [9.17, 15) is 0 Å². The molecule has 3 heteroatoms. The molecule has 3 nitrogen and oxygen atoms in total. The fourth-order valence-corrected chi connectivity index (χ4v) is 2.76. The Morgan fingerprint density at radius 3 is 2.53 bits per heavy atom. The maximum Gasteiger partial charge on any atom is 0.155 e. The summed E-state index contributed by atoms with van der Waals surface area (Å²) in [6, 6.07) is 0. The monoisotopic (exact) mass is 242 g/mol. The molecule has 0 amide bonds. The quantitative estimate of drug-likeness (QED) is 0.529. The van der Waals surface area contributed by atoms with Crippen LogP contribution < -0.4 is 0 Å². The zero-order valence-electron chi connectivity index (χ0n) is 11.8. The van der Waals surface area contributed by atoms with Crippen molar-refractivity contribution in [3.63, 3.8) is 0 Å². The van der Waals surface area contributed by atoms with Crippen molar-refractivity contribution in [2.75, 3.05) is 13.2 Å². The van der Waals surface area contributed by atoms with Crippen LogP contribution in [0.25, 0.3) is 0 Å². The first kappa shape index (κ1) is 14.7. The Hall–Kier alpha value is -0.380. The smallest absolute Gasteiger partial charge is 0.155 e. The van der Waals surface area contributed by atoms with E-state index in [-0.39, 0.29) is 11.9 Å². The van der Waals surface area contributed by atoms with E-state index in [1.54, 1.807) is 0 Å². The van der Waals surface area contributed by atoms with E-state index in [4.69, 9.17) is 14.2 Å². The first-order chi connectivity index (χ1) is 7.92. The van der Waals surface area contributed by atoms with Crippen molar-refractivity contribution >= 4 is 0 Å². The second-order valence-corrected chi connectivity index (χ2v) is 5.09. The van der Waals surface area contributed by atoms with E-state index in [1.165, 1.54) is 0 Å². The van der Waals surface area contributed by atoms with Crippen LogP contribution in [0.5, 0.6) is 0 Å². The zero-order valence-corrected chi connectivity index (χ0v) is 11.8. The summed E-state index contributed by atoms with van der Waals surface area (Å²) in [7, 11) is 0. The summed E-state index contributed by atoms with van der Waals surface area (Å²) in [5, 5.41) is 0. The molecule has 0 aromatic heterocycles. The Labute approximate surface area is 105 Å². The highest BCUT2D eigenvalue weighted by Crippen LogP contribution is 2.45. The molecular weight excluding hydrogens is 216 g/mol. The van der Waals surface area contributed by atoms with Gasteiger partial charge in [-0.15, -0.1) is 6.58 Å². The highest BCUT2D eigenvalue weighted by atomic mass is 16.7. The largest absolute Gasteiger partial charge is 0.368 e. The number of hydrogen-bond donors (Lipinski definition) is 0. The normalized spacial score (nSPS) is 35.2. The molecule has 1 aliphatic rings. The number of rotatable bonds is 6. The van der Waals surface area contributed by atoms with Crippen LogP contribution in [0.15, 0.2) is 12.7 Å². The summed E-state index contributed by atoms with van der Waals surface area (Å²) in [5.41, 5.74) is -0.782. The Balaban J connectivity index is 2.93. The first-order valence-electron chi connectivity index (χ1n) is 6.49. The zero-order chi connectivity index (χ0) is 13.1. The maximum atomic E-state index is 6.19. The predicted octanol–water partition coefficient (Wildman–Crippen LogP) is 3.15. The molecule has 0 bridgehead atoms. The standard InChI is InChI=1S/C14H26O3/c1-7-13(6)14(11(3)4,9-10-16-13)17-12(5)15-8-2/h7,11-12H,1,8-10H2,2-6H3. The van der Waals surface area contributed by atoms with Gasteiger partial charge in [0.15, 0.2) is 6.29 Å². The minimum absolute atomic E-state index is 0.219. The molecule has 17 heavy (non-hydrogen) atoms. The second kappa shape index (κ2) is 5.51. The second-order valence-electron chi connectivity index (χ2n) is 5.09. The lowest BCUT2D eigenvalue weighted by Crippen LogP contribution is -2.54. The summed E-state index contributed by atoms with van der Waals surface area (Å²) >= 11 is 0. The predicted molar refractivity (Wildman–Crippen MR) is 68.9 cm³/mol. The molecule has 1 heterocycles. The topological polar surface area (TPSA) is 27.7 Å². The molecule has 0 aliphatic carbocycles. The molecule has 3 unspecified atom stereocenters. The Kier molecular flexibility index (Phi) is 4.76. The van der Waals surface area contributed by atoms with Crippen LogP contribution in [0, 0.1) is 5.92 Å². The SMILES string of the molecule is C=CC1(C)OCCC1(OC(C)OCC)C(C)C. The van der Waals surface area contributed by atoms with E-state index < -0.39 is 5.60 Å². The van der Waals surface area contributed by atoms with Crippen LogP contribution in [0.2, 0.25) is 0 Å². The first-order valence-corrected chi connectivity index (χ1v) is 6.49. The van der Waals surface area contributed by atoms with Crippen molar-refractivity contribution in [1.29, 1.82) is 0 Å². The van der Waals surface area contributed by atoms with Crippen LogP contribution in [0.4, 0.5) is 0 Å². The Morgan fingerprint density at radius 1 is 1.41 bits per heavy atom. The lowest BCUT2D eigenvalue weighted by molar-refractivity contribution is -0.242. The fourth-order valence-electron chi connectivity index (χ4n) is 2.76. The van der Waals surface area contributed by atoms with Crippen LogP contribution in [0.1, 0.15) is 41.0 Å². The Bertz CT molecular complexity index is 264. The molecule has 0 saturated carbocycles. The summed E-state index contributed by atoms with van der Waals surface area (Å²) in [6.07, 6.45) is 2.52. The summed E-state index contributed by atoms with van der Waals surface area (Å²) in [6.45, 7) is 15.5. The van der Waals surface area contributed by atoms with Crippen molar-refractivity contribution in [1.82, 2.24) is 0 Å². The van der Waals surface area contributed by atoms with Gasteiger partial charge < -0.3 is 14.2 Å². The molecule has 0 aromatic rings. The molecule has 0 N–H and O–H groups in total. The van der Waals surface area contributed by atoms with Gasteiger partial charge in [-0.2, -0.15) is 0 Å². The van der Waals surface area contributed by atoms with E-state index in [0.29, 0.717) is 19.1 Å². The Morgan fingerprint density at radius 2 is 2.06 bits per heavy atom. The number of hydrogen-bond acceptors (Lipinski definition) is 3. The molecule has 1 fully saturated rings. The van der Waals surface area contributed by atoms with Gasteiger partial charge in [0.1, 0.15) is 11.2 Å². The van der Waals surface area contributed by atoms with Crippen molar-refractivity contribution < 1.29 is 14.2 Å². The average Bonchev–Trinajstić information content (AvgIpc) is 2.58. The fraction of sp³-hybridized carbons (Fsp3) is 0.857. The van der Waals surface area contributed by atoms with E-state index in [1.807, 2.05) is 26.8 Å². The van der Waals surface area contributed by atoms with Gasteiger partial charge in [0.25, 0.3) is 0 Å². The van der Waals surface area contributed by atoms with Crippen molar-refractivity contribution in [2.24, 2.45) is 5.92 Å². The molecule has 100 valence electrons. The van der Waals surface area contributed by atoms with Crippen molar-refractivity contribution in [2.45, 2.75) is 58.5 Å². The van der Waals surface area contributed by atoms with Gasteiger partial charge in [0, 0.05) is 13.0 Å². The molecule has 0 aromatic carbocycles. The third kappa shape index (κ3) is 2.56. The maximum absolute atomic E-state index is 6.19. The van der Waals surface area contributed by atoms with Crippen LogP contribution in [-0.4, -0.2) is 30.7 Å². The molecule has 1 saturated heterocycles. The van der Waals surface area contributed by atoms with Crippen LogP contribution >= 0.6 is 0 Å². The van der Waals surface area contributed by atoms with Crippen LogP contribution in [0.3, 0.4) is 0 Å². The highest BCUT2D eigenvalue weighted by molar-refractivity contribution is 5.14. The van der Waals surface area contributed by atoms with Gasteiger partial charge in [0.05, 0.1) is 6.61 Å². The van der Waals surface area contributed by atoms with Crippen molar-refractivity contribution in [3.05, 3.63) is 12.7 Å². The molecule has 3 atom stereocenters. The van der Waals surface area contributed by atoms with E-state index in [2.05, 4.69) is 20.4 Å². The minimum Gasteiger partial charge on any atom is -0.368 e. The molecule has 1 rings (SSSR count).